The second kappa shape index (κ2) is 0.489. The Balaban J connectivity index is 2.54. The Bertz CT molecular complexity index is 57.1. The molecule has 0 aromatic rings. The summed E-state index contributed by atoms with van der Waals surface area (Å²) in [5.41, 5.74) is 0. The van der Waals surface area contributed by atoms with E-state index in [-0.39, 0.29) is 0 Å². The monoisotopic (exact) mass is 73.0 g/mol. The molecule has 0 spiro atoms. The number of hydrogen-bond donors (Lipinski definition) is 0. The summed E-state index contributed by atoms with van der Waals surface area (Å²) < 4.78 is 3.74. The number of hydrogen-bond acceptors (Lipinski definition) is 2. The van der Waals surface area contributed by atoms with Gasteiger partial charge in [-0.2, -0.15) is 0 Å². The largest absolute Gasteiger partial charge is 0.206 e. The topological polar surface area (TPSA) is 12.4 Å². The lowest BCUT2D eigenvalue weighted by molar-refractivity contribution is 1.97. The van der Waals surface area contributed by atoms with Crippen molar-refractivity contribution in [3.63, 3.8) is 0 Å². The van der Waals surface area contributed by atoms with E-state index in [4.69, 9.17) is 0 Å². The van der Waals surface area contributed by atoms with E-state index < -0.39 is 0 Å². The van der Waals surface area contributed by atoms with Gasteiger partial charge in [0, 0.05) is 11.9 Å². The molecule has 1 nitrogen and oxygen atoms in total. The second-order valence-corrected chi connectivity index (χ2v) is 1.66. The second-order valence-electron chi connectivity index (χ2n) is 0.702. The van der Waals surface area contributed by atoms with Gasteiger partial charge < -0.3 is 0 Å². The Morgan fingerprint density at radius 3 is 2.25 bits per heavy atom. The molecule has 0 saturated heterocycles. The zero-order valence-electron chi connectivity index (χ0n) is 2.36. The maximum Gasteiger partial charge on any atom is 0.102 e. The van der Waals surface area contributed by atoms with Crippen molar-refractivity contribution >= 4 is 17.0 Å². The van der Waals surface area contributed by atoms with Crippen LogP contribution in [0.3, 0.4) is 0 Å². The van der Waals surface area contributed by atoms with Crippen LogP contribution in [0.5, 0.6) is 0 Å². The van der Waals surface area contributed by atoms with Crippen LogP contribution in [0.25, 0.3) is 0 Å². The summed E-state index contributed by atoms with van der Waals surface area (Å²) in [7, 11) is 0. The van der Waals surface area contributed by atoms with E-state index in [0.29, 0.717) is 0 Å². The van der Waals surface area contributed by atoms with Crippen LogP contribution in [0.15, 0.2) is 4.40 Å². The van der Waals surface area contributed by atoms with Crippen LogP contribution in [-0.4, -0.2) is 5.04 Å². The van der Waals surface area contributed by atoms with E-state index in [2.05, 4.69) is 4.40 Å². The molecule has 0 radical (unpaired) electrons. The number of rotatable bonds is 0. The highest BCUT2D eigenvalue weighted by atomic mass is 32.2. The first-order chi connectivity index (χ1) is 1.89. The molecular weight excluding hydrogens is 70.1 g/mol. The minimum atomic E-state index is 1.21. The van der Waals surface area contributed by atoms with E-state index in [1.54, 1.807) is 11.9 Å². The van der Waals surface area contributed by atoms with Crippen LogP contribution in [0.1, 0.15) is 6.92 Å². The molecular formula is C2H3NS. The SMILES string of the molecule is CC1=NS1. The Kier molecular flexibility index (Phi) is 0.277. The highest BCUT2D eigenvalue weighted by molar-refractivity contribution is 8.20. The molecule has 0 saturated carbocycles. The fraction of sp³-hybridized carbons (Fsp3) is 0.500. The quantitative estimate of drug-likeness (QED) is 0.391. The molecule has 0 fully saturated rings. The fourth-order valence-electron chi connectivity index (χ4n) is 0.0456. The molecule has 0 amide bonds. The average molecular weight is 73.1 g/mol. The van der Waals surface area contributed by atoms with Gasteiger partial charge in [0.05, 0.1) is 0 Å². The van der Waals surface area contributed by atoms with Crippen molar-refractivity contribution in [2.45, 2.75) is 6.92 Å². The predicted octanol–water partition coefficient (Wildman–Crippen LogP) is 1.07. The molecule has 0 bridgehead atoms. The van der Waals surface area contributed by atoms with E-state index >= 15 is 0 Å². The third-order valence-corrected chi connectivity index (χ3v) is 0.822. The maximum atomic E-state index is 3.74. The van der Waals surface area contributed by atoms with Crippen LogP contribution < -0.4 is 0 Å². The fourth-order valence-corrected chi connectivity index (χ4v) is 0.137. The molecule has 0 atom stereocenters. The Morgan fingerprint density at radius 2 is 2.25 bits per heavy atom. The van der Waals surface area contributed by atoms with Crippen LogP contribution in [-0.2, 0) is 0 Å². The Hall–Kier alpha value is 0.0200. The molecule has 0 unspecified atom stereocenters. The zero-order valence-corrected chi connectivity index (χ0v) is 3.17. The Morgan fingerprint density at radius 1 is 2.00 bits per heavy atom. The first kappa shape index (κ1) is 2.27. The van der Waals surface area contributed by atoms with Crippen LogP contribution in [0, 0.1) is 0 Å². The van der Waals surface area contributed by atoms with E-state index in [1.807, 2.05) is 6.92 Å². The molecule has 1 aliphatic heterocycles. The average Bonchev–Trinajstić information content (AvgIpc) is 1.75. The summed E-state index contributed by atoms with van der Waals surface area (Å²) in [4.78, 5) is 0. The molecule has 1 rings (SSSR count). The molecule has 2 heteroatoms. The van der Waals surface area contributed by atoms with Gasteiger partial charge in [-0.3, -0.25) is 0 Å². The molecule has 1 aliphatic rings. The van der Waals surface area contributed by atoms with Crippen molar-refractivity contribution in [3.05, 3.63) is 0 Å². The zero-order chi connectivity index (χ0) is 2.99. The minimum absolute atomic E-state index is 1.21. The summed E-state index contributed by atoms with van der Waals surface area (Å²) in [5, 5.41) is 1.21. The predicted molar refractivity (Wildman–Crippen MR) is 20.7 cm³/mol. The molecule has 0 aromatic carbocycles. The smallest absolute Gasteiger partial charge is 0.102 e. The van der Waals surface area contributed by atoms with Gasteiger partial charge in [-0.15, -0.1) is 0 Å². The van der Waals surface area contributed by atoms with Crippen molar-refractivity contribution in [3.8, 4) is 0 Å². The highest BCUT2D eigenvalue weighted by Gasteiger charge is 1.99. The Labute approximate surface area is 29.3 Å². The first-order valence-electron chi connectivity index (χ1n) is 1.11. The van der Waals surface area contributed by atoms with Gasteiger partial charge in [-0.1, -0.05) is 0 Å². The standard InChI is InChI=1S/C2H3NS/c1-2-3-4-2/h1H3. The molecule has 0 aromatic heterocycles. The normalized spacial score (nSPS) is 19.8. The van der Waals surface area contributed by atoms with Crippen molar-refractivity contribution in [2.24, 2.45) is 4.40 Å². The summed E-state index contributed by atoms with van der Waals surface area (Å²) in [6.07, 6.45) is 0. The minimum Gasteiger partial charge on any atom is -0.206 e. The summed E-state index contributed by atoms with van der Waals surface area (Å²) in [5.74, 6) is 0. The lowest BCUT2D eigenvalue weighted by Crippen LogP contribution is -1.44. The lowest BCUT2D eigenvalue weighted by Gasteiger charge is -1.36. The molecule has 4 heavy (non-hydrogen) atoms. The van der Waals surface area contributed by atoms with Gasteiger partial charge in [0.2, 0.25) is 0 Å². The first-order valence-corrected chi connectivity index (χ1v) is 1.88. The van der Waals surface area contributed by atoms with Gasteiger partial charge in [-0.05, 0) is 6.92 Å². The molecule has 1 heterocycles. The van der Waals surface area contributed by atoms with Crippen LogP contribution >= 0.6 is 11.9 Å². The van der Waals surface area contributed by atoms with Gasteiger partial charge >= 0.3 is 0 Å². The van der Waals surface area contributed by atoms with Gasteiger partial charge in [0.15, 0.2) is 0 Å². The molecule has 22 valence electrons. The summed E-state index contributed by atoms with van der Waals surface area (Å²) >= 11 is 1.56. The third kappa shape index (κ3) is 0.230. The van der Waals surface area contributed by atoms with Crippen molar-refractivity contribution in [1.29, 1.82) is 0 Å². The van der Waals surface area contributed by atoms with Gasteiger partial charge in [-0.25, -0.2) is 4.40 Å². The number of nitrogens with zero attached hydrogens (tertiary/aromatic N) is 1. The van der Waals surface area contributed by atoms with Crippen LogP contribution in [0.4, 0.5) is 0 Å². The summed E-state index contributed by atoms with van der Waals surface area (Å²) in [6.45, 7) is 1.99. The van der Waals surface area contributed by atoms with Crippen LogP contribution in [0.2, 0.25) is 0 Å². The van der Waals surface area contributed by atoms with Crippen molar-refractivity contribution in [2.75, 3.05) is 0 Å². The van der Waals surface area contributed by atoms with Crippen molar-refractivity contribution < 1.29 is 0 Å². The maximum absolute atomic E-state index is 3.74. The van der Waals surface area contributed by atoms with Gasteiger partial charge in [0.25, 0.3) is 0 Å². The van der Waals surface area contributed by atoms with Crippen molar-refractivity contribution in [1.82, 2.24) is 0 Å². The lowest BCUT2D eigenvalue weighted by atomic mass is 10.9. The van der Waals surface area contributed by atoms with E-state index in [0.717, 1.165) is 0 Å². The molecule has 0 N–H and O–H groups in total. The summed E-state index contributed by atoms with van der Waals surface area (Å²) in [6, 6.07) is 0. The highest BCUT2D eigenvalue weighted by Crippen LogP contribution is 2.20. The van der Waals surface area contributed by atoms with E-state index in [9.17, 15) is 0 Å². The van der Waals surface area contributed by atoms with E-state index in [1.165, 1.54) is 5.04 Å². The molecule has 0 aliphatic carbocycles. The van der Waals surface area contributed by atoms with Gasteiger partial charge in [0.1, 0.15) is 5.04 Å². The third-order valence-electron chi connectivity index (χ3n) is 0.274.